The molecule has 0 aliphatic carbocycles. The van der Waals surface area contributed by atoms with Crippen LogP contribution in [0.1, 0.15) is 60.2 Å². The van der Waals surface area contributed by atoms with E-state index in [0.29, 0.717) is 24.0 Å². The SMILES string of the molecule is CCC1CCCCN1C(=O)c1ccc(C)nc1NCc1ccc(C)o1.O=C(O)C(F)(F)F. The number of piperidine rings is 1. The Kier molecular flexibility index (Phi) is 8.68. The summed E-state index contributed by atoms with van der Waals surface area (Å²) in [4.78, 5) is 28.6. The number of amides is 1. The molecule has 176 valence electrons. The first-order valence-corrected chi connectivity index (χ1v) is 10.4. The summed E-state index contributed by atoms with van der Waals surface area (Å²) in [6.07, 6.45) is -0.706. The predicted molar refractivity (Wildman–Crippen MR) is 112 cm³/mol. The van der Waals surface area contributed by atoms with Crippen LogP contribution < -0.4 is 5.32 Å². The maximum Gasteiger partial charge on any atom is 0.490 e. The van der Waals surface area contributed by atoms with E-state index >= 15 is 0 Å². The molecule has 1 fully saturated rings. The molecule has 0 bridgehead atoms. The lowest BCUT2D eigenvalue weighted by Crippen LogP contribution is -2.43. The van der Waals surface area contributed by atoms with Gasteiger partial charge in [0.2, 0.25) is 0 Å². The van der Waals surface area contributed by atoms with Crippen LogP contribution in [0.25, 0.3) is 0 Å². The summed E-state index contributed by atoms with van der Waals surface area (Å²) in [5.41, 5.74) is 1.54. The van der Waals surface area contributed by atoms with Crippen LogP contribution in [0.2, 0.25) is 0 Å². The van der Waals surface area contributed by atoms with E-state index in [-0.39, 0.29) is 5.91 Å². The maximum absolute atomic E-state index is 13.1. The summed E-state index contributed by atoms with van der Waals surface area (Å²) in [5.74, 6) is -0.322. The molecule has 1 amide bonds. The van der Waals surface area contributed by atoms with Crippen molar-refractivity contribution in [1.82, 2.24) is 9.88 Å². The fraction of sp³-hybridized carbons (Fsp3) is 0.500. The monoisotopic (exact) mass is 455 g/mol. The highest BCUT2D eigenvalue weighted by Gasteiger charge is 2.38. The summed E-state index contributed by atoms with van der Waals surface area (Å²) in [6, 6.07) is 8.01. The van der Waals surface area contributed by atoms with Gasteiger partial charge in [0.05, 0.1) is 12.1 Å². The van der Waals surface area contributed by atoms with Crippen LogP contribution >= 0.6 is 0 Å². The molecule has 10 heteroatoms. The molecular formula is C22H28F3N3O4. The first kappa shape index (κ1) is 25.2. The number of aryl methyl sites for hydroxylation is 2. The number of anilines is 1. The molecule has 0 saturated carbocycles. The van der Waals surface area contributed by atoms with Crippen molar-refractivity contribution in [3.8, 4) is 0 Å². The molecule has 0 aromatic carbocycles. The van der Waals surface area contributed by atoms with Gasteiger partial charge in [0.15, 0.2) is 0 Å². The second kappa shape index (κ2) is 11.0. The van der Waals surface area contributed by atoms with Gasteiger partial charge < -0.3 is 19.7 Å². The third kappa shape index (κ3) is 7.00. The van der Waals surface area contributed by atoms with E-state index in [2.05, 4.69) is 17.2 Å². The van der Waals surface area contributed by atoms with E-state index in [0.717, 1.165) is 43.0 Å². The van der Waals surface area contributed by atoms with Gasteiger partial charge in [0.1, 0.15) is 17.3 Å². The Morgan fingerprint density at radius 1 is 1.22 bits per heavy atom. The number of hydrogen-bond acceptors (Lipinski definition) is 5. The second-order valence-electron chi connectivity index (χ2n) is 7.57. The number of halogens is 3. The van der Waals surface area contributed by atoms with Crippen LogP contribution in [0.15, 0.2) is 28.7 Å². The lowest BCUT2D eigenvalue weighted by atomic mass is 9.99. The van der Waals surface area contributed by atoms with Gasteiger partial charge in [-0.1, -0.05) is 6.92 Å². The zero-order valence-electron chi connectivity index (χ0n) is 18.3. The van der Waals surface area contributed by atoms with Crippen molar-refractivity contribution < 1.29 is 32.3 Å². The Morgan fingerprint density at radius 3 is 2.47 bits per heavy atom. The number of hydrogen-bond donors (Lipinski definition) is 2. The molecule has 32 heavy (non-hydrogen) atoms. The molecule has 2 N–H and O–H groups in total. The molecule has 3 heterocycles. The quantitative estimate of drug-likeness (QED) is 0.663. The van der Waals surface area contributed by atoms with Crippen LogP contribution in [0.3, 0.4) is 0 Å². The molecule has 3 rings (SSSR count). The minimum atomic E-state index is -5.08. The Balaban J connectivity index is 0.000000451. The fourth-order valence-electron chi connectivity index (χ4n) is 3.46. The van der Waals surface area contributed by atoms with Crippen molar-refractivity contribution in [1.29, 1.82) is 0 Å². The molecular weight excluding hydrogens is 427 g/mol. The van der Waals surface area contributed by atoms with Gasteiger partial charge in [-0.3, -0.25) is 4.79 Å². The van der Waals surface area contributed by atoms with Crippen LogP contribution in [0, 0.1) is 13.8 Å². The lowest BCUT2D eigenvalue weighted by molar-refractivity contribution is -0.192. The van der Waals surface area contributed by atoms with E-state index < -0.39 is 12.1 Å². The fourth-order valence-corrected chi connectivity index (χ4v) is 3.46. The predicted octanol–water partition coefficient (Wildman–Crippen LogP) is 4.94. The zero-order chi connectivity index (χ0) is 23.9. The van der Waals surface area contributed by atoms with Crippen molar-refractivity contribution in [3.05, 3.63) is 47.0 Å². The van der Waals surface area contributed by atoms with Crippen LogP contribution in [0.5, 0.6) is 0 Å². The minimum absolute atomic E-state index is 0.0807. The molecule has 7 nitrogen and oxygen atoms in total. The van der Waals surface area contributed by atoms with Crippen molar-refractivity contribution in [2.45, 2.75) is 65.2 Å². The maximum atomic E-state index is 13.1. The van der Waals surface area contributed by atoms with Crippen LogP contribution in [-0.2, 0) is 11.3 Å². The third-order valence-electron chi connectivity index (χ3n) is 5.09. The number of nitrogens with zero attached hydrogens (tertiary/aromatic N) is 2. The normalized spacial score (nSPS) is 16.2. The summed E-state index contributed by atoms with van der Waals surface area (Å²) < 4.78 is 37.3. The number of aromatic nitrogens is 1. The highest BCUT2D eigenvalue weighted by atomic mass is 19.4. The first-order valence-electron chi connectivity index (χ1n) is 10.4. The molecule has 0 spiro atoms. The molecule has 2 aromatic rings. The first-order chi connectivity index (χ1) is 15.0. The number of aliphatic carboxylic acids is 1. The van der Waals surface area contributed by atoms with E-state index in [4.69, 9.17) is 14.3 Å². The van der Waals surface area contributed by atoms with Gasteiger partial charge in [-0.25, -0.2) is 9.78 Å². The molecule has 2 aromatic heterocycles. The number of likely N-dealkylation sites (tertiary alicyclic amines) is 1. The Labute approximate surface area is 184 Å². The summed E-state index contributed by atoms with van der Waals surface area (Å²) in [6.45, 7) is 7.36. The number of carbonyl (C=O) groups excluding carboxylic acids is 1. The second-order valence-corrected chi connectivity index (χ2v) is 7.57. The average Bonchev–Trinajstić information content (AvgIpc) is 3.16. The Bertz CT molecular complexity index is 927. The Morgan fingerprint density at radius 2 is 1.91 bits per heavy atom. The van der Waals surface area contributed by atoms with Gasteiger partial charge in [-0.15, -0.1) is 0 Å². The van der Waals surface area contributed by atoms with Crippen molar-refractivity contribution in [2.24, 2.45) is 0 Å². The van der Waals surface area contributed by atoms with Gasteiger partial charge in [0.25, 0.3) is 5.91 Å². The largest absolute Gasteiger partial charge is 0.490 e. The number of pyridine rings is 1. The van der Waals surface area contributed by atoms with Gasteiger partial charge >= 0.3 is 12.1 Å². The van der Waals surface area contributed by atoms with Crippen molar-refractivity contribution >= 4 is 17.7 Å². The molecule has 1 unspecified atom stereocenters. The topological polar surface area (TPSA) is 95.7 Å². The van der Waals surface area contributed by atoms with E-state index in [9.17, 15) is 18.0 Å². The number of carbonyl (C=O) groups is 2. The Hall–Kier alpha value is -3.04. The summed E-state index contributed by atoms with van der Waals surface area (Å²) in [5, 5.41) is 10.4. The number of rotatable bonds is 5. The molecule has 1 atom stereocenters. The smallest absolute Gasteiger partial charge is 0.475 e. The van der Waals surface area contributed by atoms with E-state index in [1.807, 2.05) is 43.0 Å². The highest BCUT2D eigenvalue weighted by Crippen LogP contribution is 2.25. The van der Waals surface area contributed by atoms with Crippen LogP contribution in [0.4, 0.5) is 19.0 Å². The van der Waals surface area contributed by atoms with Crippen molar-refractivity contribution in [2.75, 3.05) is 11.9 Å². The molecule has 0 radical (unpaired) electrons. The standard InChI is InChI=1S/C20H27N3O2.C2HF3O2/c1-4-16-7-5-6-12-23(16)20(24)18-11-8-14(2)22-19(18)21-13-17-10-9-15(3)25-17;3-2(4,5)1(6)7/h8-11,16H,4-7,12-13H2,1-3H3,(H,21,22);(H,6,7). The lowest BCUT2D eigenvalue weighted by Gasteiger charge is -2.35. The number of furan rings is 1. The minimum Gasteiger partial charge on any atom is -0.475 e. The number of alkyl halides is 3. The van der Waals surface area contributed by atoms with Gasteiger partial charge in [-0.2, -0.15) is 13.2 Å². The number of carboxylic acids is 1. The van der Waals surface area contributed by atoms with E-state index in [1.54, 1.807) is 0 Å². The third-order valence-corrected chi connectivity index (χ3v) is 5.09. The molecule has 1 aliphatic rings. The molecule has 1 saturated heterocycles. The van der Waals surface area contributed by atoms with Gasteiger partial charge in [-0.05, 0) is 63.8 Å². The summed E-state index contributed by atoms with van der Waals surface area (Å²) >= 11 is 0. The van der Waals surface area contributed by atoms with Gasteiger partial charge in [0, 0.05) is 18.3 Å². The van der Waals surface area contributed by atoms with Crippen LogP contribution in [-0.4, -0.2) is 45.6 Å². The average molecular weight is 455 g/mol. The zero-order valence-corrected chi connectivity index (χ0v) is 18.3. The highest BCUT2D eigenvalue weighted by molar-refractivity contribution is 5.99. The molecule has 1 aliphatic heterocycles. The number of nitrogens with one attached hydrogen (secondary N) is 1. The summed E-state index contributed by atoms with van der Waals surface area (Å²) in [7, 11) is 0. The van der Waals surface area contributed by atoms with Crippen molar-refractivity contribution in [3.63, 3.8) is 0 Å². The van der Waals surface area contributed by atoms with E-state index in [1.165, 1.54) is 6.42 Å². The number of carboxylic acid groups (broad SMARTS) is 1.